The summed E-state index contributed by atoms with van der Waals surface area (Å²) in [6.45, 7) is 2.87. The molecule has 0 amide bonds. The first kappa shape index (κ1) is 11.4. The van der Waals surface area contributed by atoms with Crippen LogP contribution in [0.2, 0.25) is 0 Å². The van der Waals surface area contributed by atoms with Gasteiger partial charge in [0.2, 0.25) is 0 Å². The van der Waals surface area contributed by atoms with Crippen LogP contribution in [-0.2, 0) is 6.54 Å². The molecule has 0 radical (unpaired) electrons. The lowest BCUT2D eigenvalue weighted by Gasteiger charge is -2.05. The minimum Gasteiger partial charge on any atom is -0.307 e. The number of aryl methyl sites for hydroxylation is 1. The zero-order valence-corrected chi connectivity index (χ0v) is 10.6. The van der Waals surface area contributed by atoms with Gasteiger partial charge in [-0.25, -0.2) is 9.97 Å². The van der Waals surface area contributed by atoms with Gasteiger partial charge in [-0.1, -0.05) is 23.8 Å². The van der Waals surface area contributed by atoms with E-state index in [1.807, 2.05) is 12.3 Å². The van der Waals surface area contributed by atoms with Gasteiger partial charge in [-0.15, -0.1) is 0 Å². The van der Waals surface area contributed by atoms with E-state index in [0.29, 0.717) is 6.04 Å². The third-order valence-corrected chi connectivity index (χ3v) is 3.15. The molecule has 1 aromatic carbocycles. The lowest BCUT2D eigenvalue weighted by atomic mass is 10.1. The van der Waals surface area contributed by atoms with Crippen LogP contribution in [0.5, 0.6) is 0 Å². The molecule has 1 fully saturated rings. The summed E-state index contributed by atoms with van der Waals surface area (Å²) in [6.07, 6.45) is 4.42. The Labute approximate surface area is 107 Å². The van der Waals surface area contributed by atoms with Crippen LogP contribution < -0.4 is 5.32 Å². The van der Waals surface area contributed by atoms with Crippen molar-refractivity contribution in [3.05, 3.63) is 47.9 Å². The summed E-state index contributed by atoms with van der Waals surface area (Å²) < 4.78 is 0. The molecular weight excluding hydrogens is 222 g/mol. The van der Waals surface area contributed by atoms with Crippen LogP contribution in [0.25, 0.3) is 11.3 Å². The van der Waals surface area contributed by atoms with E-state index in [-0.39, 0.29) is 0 Å². The first-order valence-corrected chi connectivity index (χ1v) is 6.43. The third kappa shape index (κ3) is 2.74. The fraction of sp³-hybridized carbons (Fsp3) is 0.333. The second-order valence-corrected chi connectivity index (χ2v) is 4.88. The average Bonchev–Trinajstić information content (AvgIpc) is 3.21. The predicted octanol–water partition coefficient (Wildman–Crippen LogP) is 2.70. The molecular formula is C15H17N3. The van der Waals surface area contributed by atoms with Crippen LogP contribution in [-0.4, -0.2) is 16.0 Å². The molecule has 1 aromatic heterocycles. The van der Waals surface area contributed by atoms with Crippen molar-refractivity contribution >= 4 is 0 Å². The number of nitrogens with one attached hydrogen (secondary N) is 1. The summed E-state index contributed by atoms with van der Waals surface area (Å²) in [5.41, 5.74) is 3.41. The normalized spacial score (nSPS) is 14.7. The molecule has 0 spiro atoms. The summed E-state index contributed by atoms with van der Waals surface area (Å²) in [4.78, 5) is 8.92. The predicted molar refractivity (Wildman–Crippen MR) is 72.1 cm³/mol. The minimum absolute atomic E-state index is 0.691. The SMILES string of the molecule is Cc1cccc(-c2ccnc(CNC3CC3)n2)c1. The van der Waals surface area contributed by atoms with E-state index < -0.39 is 0 Å². The maximum absolute atomic E-state index is 4.61. The van der Waals surface area contributed by atoms with Gasteiger partial charge in [0.1, 0.15) is 5.82 Å². The molecule has 0 atom stereocenters. The molecule has 1 saturated carbocycles. The fourth-order valence-corrected chi connectivity index (χ4v) is 1.97. The Morgan fingerprint density at radius 2 is 2.17 bits per heavy atom. The van der Waals surface area contributed by atoms with Gasteiger partial charge in [-0.05, 0) is 31.9 Å². The Balaban J connectivity index is 1.80. The second kappa shape index (κ2) is 4.86. The van der Waals surface area contributed by atoms with Crippen LogP contribution in [0.4, 0.5) is 0 Å². The smallest absolute Gasteiger partial charge is 0.142 e. The summed E-state index contributed by atoms with van der Waals surface area (Å²) in [5.74, 6) is 0.876. The summed E-state index contributed by atoms with van der Waals surface area (Å²) >= 11 is 0. The molecule has 1 aliphatic rings. The lowest BCUT2D eigenvalue weighted by Crippen LogP contribution is -2.17. The van der Waals surface area contributed by atoms with E-state index in [1.165, 1.54) is 18.4 Å². The van der Waals surface area contributed by atoms with Crippen molar-refractivity contribution < 1.29 is 0 Å². The third-order valence-electron chi connectivity index (χ3n) is 3.15. The Bertz CT molecular complexity index is 547. The van der Waals surface area contributed by atoms with Crippen LogP contribution >= 0.6 is 0 Å². The maximum Gasteiger partial charge on any atom is 0.142 e. The van der Waals surface area contributed by atoms with Gasteiger partial charge >= 0.3 is 0 Å². The largest absolute Gasteiger partial charge is 0.307 e. The van der Waals surface area contributed by atoms with Gasteiger partial charge in [0.05, 0.1) is 12.2 Å². The van der Waals surface area contributed by atoms with Crippen molar-refractivity contribution in [2.45, 2.75) is 32.4 Å². The number of benzene rings is 1. The molecule has 3 rings (SSSR count). The highest BCUT2D eigenvalue weighted by molar-refractivity contribution is 5.59. The average molecular weight is 239 g/mol. The zero-order chi connectivity index (χ0) is 12.4. The van der Waals surface area contributed by atoms with Gasteiger partial charge in [-0.2, -0.15) is 0 Å². The molecule has 0 unspecified atom stereocenters. The molecule has 1 heterocycles. The Morgan fingerprint density at radius 3 is 2.94 bits per heavy atom. The van der Waals surface area contributed by atoms with Crippen molar-refractivity contribution in [1.82, 2.24) is 15.3 Å². The van der Waals surface area contributed by atoms with Crippen molar-refractivity contribution in [3.63, 3.8) is 0 Å². The molecule has 0 aliphatic heterocycles. The van der Waals surface area contributed by atoms with Crippen LogP contribution in [0.15, 0.2) is 36.5 Å². The van der Waals surface area contributed by atoms with Gasteiger partial charge in [0.25, 0.3) is 0 Å². The molecule has 0 saturated heterocycles. The molecule has 18 heavy (non-hydrogen) atoms. The van der Waals surface area contributed by atoms with Gasteiger partial charge in [0, 0.05) is 17.8 Å². The van der Waals surface area contributed by atoms with Crippen LogP contribution in [0.1, 0.15) is 24.2 Å². The fourth-order valence-electron chi connectivity index (χ4n) is 1.97. The van der Waals surface area contributed by atoms with Gasteiger partial charge < -0.3 is 5.32 Å². The number of hydrogen-bond acceptors (Lipinski definition) is 3. The molecule has 1 N–H and O–H groups in total. The van der Waals surface area contributed by atoms with Crippen LogP contribution in [0.3, 0.4) is 0 Å². The minimum atomic E-state index is 0.691. The standard InChI is InChI=1S/C15H17N3/c1-11-3-2-4-12(9-11)14-7-8-16-15(18-14)10-17-13-5-6-13/h2-4,7-9,13,17H,5-6,10H2,1H3. The molecule has 0 bridgehead atoms. The van der Waals surface area contributed by atoms with Crippen molar-refractivity contribution in [1.29, 1.82) is 0 Å². The van der Waals surface area contributed by atoms with Gasteiger partial charge in [0.15, 0.2) is 0 Å². The van der Waals surface area contributed by atoms with Gasteiger partial charge in [-0.3, -0.25) is 0 Å². The Kier molecular flexibility index (Phi) is 3.07. The van der Waals surface area contributed by atoms with Crippen molar-refractivity contribution in [2.75, 3.05) is 0 Å². The second-order valence-electron chi connectivity index (χ2n) is 4.88. The molecule has 1 aliphatic carbocycles. The van der Waals surface area contributed by atoms with E-state index >= 15 is 0 Å². The van der Waals surface area contributed by atoms with Crippen LogP contribution in [0, 0.1) is 6.92 Å². The monoisotopic (exact) mass is 239 g/mol. The highest BCUT2D eigenvalue weighted by atomic mass is 15.0. The highest BCUT2D eigenvalue weighted by Gasteiger charge is 2.20. The van der Waals surface area contributed by atoms with E-state index in [4.69, 9.17) is 0 Å². The van der Waals surface area contributed by atoms with E-state index in [0.717, 1.165) is 23.6 Å². The van der Waals surface area contributed by atoms with E-state index in [1.54, 1.807) is 0 Å². The summed E-state index contributed by atoms with van der Waals surface area (Å²) in [5, 5.41) is 3.44. The first-order chi connectivity index (χ1) is 8.81. The molecule has 92 valence electrons. The number of rotatable bonds is 4. The summed E-state index contributed by atoms with van der Waals surface area (Å²) in [7, 11) is 0. The summed E-state index contributed by atoms with van der Waals surface area (Å²) in [6, 6.07) is 11.1. The quantitative estimate of drug-likeness (QED) is 0.891. The van der Waals surface area contributed by atoms with E-state index in [9.17, 15) is 0 Å². The van der Waals surface area contributed by atoms with Crippen molar-refractivity contribution in [2.24, 2.45) is 0 Å². The van der Waals surface area contributed by atoms with Crippen molar-refractivity contribution in [3.8, 4) is 11.3 Å². The number of aromatic nitrogens is 2. The lowest BCUT2D eigenvalue weighted by molar-refractivity contribution is 0.658. The molecule has 3 nitrogen and oxygen atoms in total. The topological polar surface area (TPSA) is 37.8 Å². The Hall–Kier alpha value is -1.74. The Morgan fingerprint density at radius 1 is 1.28 bits per heavy atom. The molecule has 2 aromatic rings. The zero-order valence-electron chi connectivity index (χ0n) is 10.6. The molecule has 3 heteroatoms. The maximum atomic E-state index is 4.61. The van der Waals surface area contributed by atoms with E-state index in [2.05, 4.69) is 46.5 Å². The first-order valence-electron chi connectivity index (χ1n) is 6.43. The highest BCUT2D eigenvalue weighted by Crippen LogP contribution is 2.20. The number of nitrogens with zero attached hydrogens (tertiary/aromatic N) is 2. The number of hydrogen-bond donors (Lipinski definition) is 1.